The van der Waals surface area contributed by atoms with Gasteiger partial charge in [0.15, 0.2) is 5.96 Å². The molecule has 0 radical (unpaired) electrons. The van der Waals surface area contributed by atoms with Crippen molar-refractivity contribution in [2.45, 2.75) is 57.2 Å². The average Bonchev–Trinajstić information content (AvgIpc) is 3.50. The molecule has 1 fully saturated rings. The van der Waals surface area contributed by atoms with Gasteiger partial charge in [-0.2, -0.15) is 0 Å². The van der Waals surface area contributed by atoms with Gasteiger partial charge in [0.2, 0.25) is 17.7 Å². The van der Waals surface area contributed by atoms with Crippen LogP contribution in [0, 0.1) is 6.92 Å². The number of carbonyl (C=O) groups excluding carboxylic acids is 3. The zero-order valence-corrected chi connectivity index (χ0v) is 23.5. The van der Waals surface area contributed by atoms with E-state index in [1.165, 1.54) is 6.07 Å². The number of nitrogens with two attached hydrogens (primary N) is 2. The highest BCUT2D eigenvalue weighted by Crippen LogP contribution is 2.21. The smallest absolute Gasteiger partial charge is 0.336 e. The summed E-state index contributed by atoms with van der Waals surface area (Å²) in [6.45, 7) is 2.80. The summed E-state index contributed by atoms with van der Waals surface area (Å²) in [5.74, 6) is -1.30. The monoisotopic (exact) mass is 575 g/mol. The lowest BCUT2D eigenvalue weighted by Crippen LogP contribution is -2.55. The number of anilines is 1. The molecule has 0 saturated carbocycles. The zero-order valence-electron chi connectivity index (χ0n) is 23.5. The normalized spacial score (nSPS) is 15.9. The van der Waals surface area contributed by atoms with E-state index in [0.29, 0.717) is 24.1 Å². The van der Waals surface area contributed by atoms with Crippen molar-refractivity contribution < 1.29 is 18.8 Å². The Balaban J connectivity index is 1.53. The van der Waals surface area contributed by atoms with Crippen molar-refractivity contribution in [3.05, 3.63) is 76.1 Å². The van der Waals surface area contributed by atoms with E-state index in [0.717, 1.165) is 29.5 Å². The first-order chi connectivity index (χ1) is 20.2. The molecule has 1 aromatic heterocycles. The lowest BCUT2D eigenvalue weighted by atomic mass is 10.0. The maximum Gasteiger partial charge on any atom is 0.336 e. The van der Waals surface area contributed by atoms with Crippen molar-refractivity contribution in [1.29, 1.82) is 0 Å². The molecule has 42 heavy (non-hydrogen) atoms. The summed E-state index contributed by atoms with van der Waals surface area (Å²) in [6.07, 6.45) is 2.45. The van der Waals surface area contributed by atoms with Crippen LogP contribution in [0.5, 0.6) is 0 Å². The Morgan fingerprint density at radius 3 is 2.55 bits per heavy atom. The fraction of sp³-hybridized carbons (Fsp3) is 0.367. The van der Waals surface area contributed by atoms with Gasteiger partial charge >= 0.3 is 5.63 Å². The lowest BCUT2D eigenvalue weighted by molar-refractivity contribution is -0.131. The molecule has 3 atom stereocenters. The molecular weight excluding hydrogens is 538 g/mol. The predicted molar refractivity (Wildman–Crippen MR) is 161 cm³/mol. The van der Waals surface area contributed by atoms with Gasteiger partial charge in [-0.25, -0.2) is 4.79 Å². The second-order valence-electron chi connectivity index (χ2n) is 10.4. The minimum absolute atomic E-state index is 0.0702. The number of hydrogen-bond donors (Lipinski definition) is 6. The van der Waals surface area contributed by atoms with Crippen LogP contribution in [0.4, 0.5) is 5.69 Å². The van der Waals surface area contributed by atoms with Gasteiger partial charge in [-0.15, -0.1) is 0 Å². The number of carbonyl (C=O) groups is 3. The van der Waals surface area contributed by atoms with Crippen LogP contribution in [0.25, 0.3) is 11.0 Å². The number of guanidine groups is 1. The Kier molecular flexibility index (Phi) is 10.3. The van der Waals surface area contributed by atoms with Gasteiger partial charge in [0.1, 0.15) is 17.7 Å². The number of nitrogens with one attached hydrogen (secondary N) is 4. The van der Waals surface area contributed by atoms with E-state index in [1.54, 1.807) is 25.1 Å². The number of fused-ring (bicyclic) bond motifs is 1. The molecule has 0 unspecified atom stereocenters. The van der Waals surface area contributed by atoms with Crippen LogP contribution in [0.2, 0.25) is 0 Å². The zero-order chi connectivity index (χ0) is 30.1. The molecule has 2 aromatic carbocycles. The first-order valence-electron chi connectivity index (χ1n) is 14.0. The van der Waals surface area contributed by atoms with E-state index in [2.05, 4.69) is 26.3 Å². The molecule has 8 N–H and O–H groups in total. The van der Waals surface area contributed by atoms with E-state index < -0.39 is 29.5 Å². The molecule has 3 aromatic rings. The van der Waals surface area contributed by atoms with Crippen LogP contribution in [-0.4, -0.2) is 54.9 Å². The molecule has 1 saturated heterocycles. The van der Waals surface area contributed by atoms with E-state index in [1.807, 2.05) is 30.3 Å². The molecule has 0 spiro atoms. The number of amides is 3. The van der Waals surface area contributed by atoms with E-state index in [4.69, 9.17) is 15.9 Å². The minimum Gasteiger partial charge on any atom is -0.423 e. The molecule has 3 amide bonds. The van der Waals surface area contributed by atoms with Crippen molar-refractivity contribution in [3.63, 3.8) is 0 Å². The van der Waals surface area contributed by atoms with E-state index >= 15 is 0 Å². The third kappa shape index (κ3) is 8.40. The fourth-order valence-electron chi connectivity index (χ4n) is 4.92. The fourth-order valence-corrected chi connectivity index (χ4v) is 4.92. The molecule has 1 aliphatic rings. The summed E-state index contributed by atoms with van der Waals surface area (Å²) in [5, 5.41) is 12.4. The van der Waals surface area contributed by atoms with Crippen molar-refractivity contribution in [2.24, 2.45) is 16.5 Å². The summed E-state index contributed by atoms with van der Waals surface area (Å²) in [4.78, 5) is 55.8. The number of rotatable bonds is 12. The van der Waals surface area contributed by atoms with Gasteiger partial charge in [0, 0.05) is 36.2 Å². The second-order valence-corrected chi connectivity index (χ2v) is 10.4. The number of aliphatic imine (C=N–C) groups is 1. The van der Waals surface area contributed by atoms with Crippen molar-refractivity contribution in [3.8, 4) is 0 Å². The Morgan fingerprint density at radius 1 is 1.05 bits per heavy atom. The third-order valence-corrected chi connectivity index (χ3v) is 7.09. The molecule has 222 valence electrons. The Bertz CT molecular complexity index is 1490. The lowest BCUT2D eigenvalue weighted by Gasteiger charge is -2.24. The Hall–Kier alpha value is -4.71. The maximum absolute atomic E-state index is 13.6. The number of nitrogens with zero attached hydrogens (tertiary/aromatic N) is 1. The van der Waals surface area contributed by atoms with Crippen LogP contribution in [0.3, 0.4) is 0 Å². The molecule has 2 heterocycles. The Morgan fingerprint density at radius 2 is 1.83 bits per heavy atom. The standard InChI is InChI=1S/C30H37N7O5/c1-18-15-26(38)42-25-17-20(11-12-21(18)25)35-28(40)23(10-6-14-34-30(31)32)36-29(41)24(16-19-7-3-2-4-8-19)37-27(39)22-9-5-13-33-22/h2-4,7-8,11-12,15,17,22-24,33H,5-6,9-10,13-14,16H2,1H3,(H,35,40)(H,36,41)(H,37,39)(H4,31,32,34)/t22-,23+,24+/m1/s1. The number of benzene rings is 2. The highest BCUT2D eigenvalue weighted by atomic mass is 16.4. The van der Waals surface area contributed by atoms with E-state index in [9.17, 15) is 19.2 Å². The molecule has 0 bridgehead atoms. The molecule has 12 nitrogen and oxygen atoms in total. The van der Waals surface area contributed by atoms with Crippen LogP contribution in [0.1, 0.15) is 36.8 Å². The van der Waals surface area contributed by atoms with Crippen molar-refractivity contribution in [2.75, 3.05) is 18.4 Å². The van der Waals surface area contributed by atoms with E-state index in [-0.39, 0.29) is 37.3 Å². The number of aryl methyl sites for hydroxylation is 1. The van der Waals surface area contributed by atoms with Gasteiger partial charge in [0.05, 0.1) is 6.04 Å². The second kappa shape index (κ2) is 14.3. The summed E-state index contributed by atoms with van der Waals surface area (Å²) in [5.41, 5.74) is 12.7. The van der Waals surface area contributed by atoms with Crippen LogP contribution < -0.4 is 38.4 Å². The highest BCUT2D eigenvalue weighted by molar-refractivity contribution is 5.99. The first-order valence-corrected chi connectivity index (χ1v) is 14.0. The molecule has 12 heteroatoms. The minimum atomic E-state index is -0.966. The van der Waals surface area contributed by atoms with Gasteiger partial charge in [0.25, 0.3) is 0 Å². The third-order valence-electron chi connectivity index (χ3n) is 7.09. The summed E-state index contributed by atoms with van der Waals surface area (Å²) >= 11 is 0. The van der Waals surface area contributed by atoms with Crippen LogP contribution in [0.15, 0.2) is 68.8 Å². The molecular formula is C30H37N7O5. The van der Waals surface area contributed by atoms with Gasteiger partial charge < -0.3 is 37.2 Å². The molecule has 4 rings (SSSR count). The van der Waals surface area contributed by atoms with Crippen molar-refractivity contribution in [1.82, 2.24) is 16.0 Å². The van der Waals surface area contributed by atoms with Crippen LogP contribution in [-0.2, 0) is 20.8 Å². The Labute approximate surface area is 243 Å². The van der Waals surface area contributed by atoms with Gasteiger partial charge in [-0.05, 0) is 62.4 Å². The largest absolute Gasteiger partial charge is 0.423 e. The van der Waals surface area contributed by atoms with Crippen molar-refractivity contribution >= 4 is 40.3 Å². The maximum atomic E-state index is 13.6. The summed E-state index contributed by atoms with van der Waals surface area (Å²) in [7, 11) is 0. The average molecular weight is 576 g/mol. The molecule has 1 aliphatic heterocycles. The molecule has 0 aliphatic carbocycles. The van der Waals surface area contributed by atoms with Crippen LogP contribution >= 0.6 is 0 Å². The SMILES string of the molecule is Cc1cc(=O)oc2cc(NC(=O)[C@H](CCCN=C(N)N)NC(=O)[C@H](Cc3ccccc3)NC(=O)[C@H]3CCCN3)ccc12. The van der Waals surface area contributed by atoms with Gasteiger partial charge in [-0.1, -0.05) is 30.3 Å². The predicted octanol–water partition coefficient (Wildman–Crippen LogP) is 1.06. The van der Waals surface area contributed by atoms with Gasteiger partial charge in [-0.3, -0.25) is 19.4 Å². The quantitative estimate of drug-likeness (QED) is 0.0798. The summed E-state index contributed by atoms with van der Waals surface area (Å²) < 4.78 is 5.30. The first kappa shape index (κ1) is 30.3. The topological polar surface area (TPSA) is 194 Å². The summed E-state index contributed by atoms with van der Waals surface area (Å²) in [6, 6.07) is 13.5. The highest BCUT2D eigenvalue weighted by Gasteiger charge is 2.30. The number of hydrogen-bond acceptors (Lipinski definition) is 7.